The summed E-state index contributed by atoms with van der Waals surface area (Å²) < 4.78 is 42.4. The van der Waals surface area contributed by atoms with Crippen LogP contribution in [0, 0.1) is 0 Å². The lowest BCUT2D eigenvalue weighted by Gasteiger charge is -2.44. The molecular weight excluding hydrogens is 705 g/mol. The number of hydrogen-bond donors (Lipinski definition) is 2. The number of sulfonamides is 1. The van der Waals surface area contributed by atoms with Gasteiger partial charge in [0.25, 0.3) is 0 Å². The van der Waals surface area contributed by atoms with Gasteiger partial charge in [-0.15, -0.1) is 0 Å². The highest BCUT2D eigenvalue weighted by atomic mass is 32.2. The van der Waals surface area contributed by atoms with E-state index in [1.54, 1.807) is 30.3 Å². The first-order valence-corrected chi connectivity index (χ1v) is 20.1. The lowest BCUT2D eigenvalue weighted by Crippen LogP contribution is -2.43. The molecule has 0 radical (unpaired) electrons. The van der Waals surface area contributed by atoms with Gasteiger partial charge in [0.1, 0.15) is 0 Å². The number of ether oxygens (including phenoxy) is 2. The van der Waals surface area contributed by atoms with Gasteiger partial charge in [0.05, 0.1) is 23.7 Å². The predicted molar refractivity (Wildman–Crippen MR) is 218 cm³/mol. The van der Waals surface area contributed by atoms with Crippen molar-refractivity contribution in [2.45, 2.75) is 49.0 Å². The number of nitrogens with zero attached hydrogens (tertiary/aromatic N) is 1. The lowest BCUT2D eigenvalue weighted by atomic mass is 9.83. The minimum atomic E-state index is -3.65. The van der Waals surface area contributed by atoms with Gasteiger partial charge in [0.15, 0.2) is 6.29 Å². The Morgan fingerprint density at radius 2 is 1.20 bits per heavy atom. The van der Waals surface area contributed by atoms with Crippen LogP contribution in [0.15, 0.2) is 169 Å². The molecule has 8 heteroatoms. The normalized spacial score (nSPS) is 18.9. The van der Waals surface area contributed by atoms with Crippen LogP contribution in [0.1, 0.15) is 51.7 Å². The molecule has 0 bridgehead atoms. The summed E-state index contributed by atoms with van der Waals surface area (Å²) in [5.41, 5.74) is 5.89. The van der Waals surface area contributed by atoms with E-state index in [2.05, 4.69) is 95.5 Å². The van der Waals surface area contributed by atoms with Crippen LogP contribution in [-0.2, 0) is 39.2 Å². The molecule has 7 aromatic rings. The van der Waals surface area contributed by atoms with Crippen molar-refractivity contribution in [2.24, 2.45) is 0 Å². The number of fused-ring (bicyclic) bond motifs is 2. The molecule has 55 heavy (non-hydrogen) atoms. The molecule has 7 aromatic carbocycles. The molecule has 4 unspecified atom stereocenters. The Labute approximate surface area is 322 Å². The van der Waals surface area contributed by atoms with Crippen molar-refractivity contribution in [3.63, 3.8) is 0 Å². The Balaban J connectivity index is 1.11. The van der Waals surface area contributed by atoms with Gasteiger partial charge in [-0.1, -0.05) is 146 Å². The van der Waals surface area contributed by atoms with E-state index in [0.717, 1.165) is 34.4 Å². The van der Waals surface area contributed by atoms with Crippen molar-refractivity contribution in [1.29, 1.82) is 0 Å². The summed E-state index contributed by atoms with van der Waals surface area (Å²) in [5, 5.41) is 14.7. The van der Waals surface area contributed by atoms with Crippen LogP contribution in [0.4, 0.5) is 0 Å². The second-order valence-electron chi connectivity index (χ2n) is 14.3. The standard InChI is InChI=1S/C47H44N2O5S/c1-49(30-43-41-18-10-8-14-38(41)28-39-15-9-11-19-42(39)43)31-44-45(35-12-4-2-5-13-35)46(36-24-22-34(32-50)23-25-36)54-47(53-44)37-26-20-33(21-27-37)29-48-55(51,52)40-16-6-3-7-17-40/h2-28,44-48,50H,29-32H2,1H3. The van der Waals surface area contributed by atoms with E-state index in [1.165, 1.54) is 27.1 Å². The van der Waals surface area contributed by atoms with Crippen molar-refractivity contribution in [2.75, 3.05) is 13.6 Å². The van der Waals surface area contributed by atoms with E-state index in [-0.39, 0.29) is 36.2 Å². The Bertz CT molecular complexity index is 2420. The van der Waals surface area contributed by atoms with E-state index in [9.17, 15) is 13.5 Å². The fourth-order valence-corrected chi connectivity index (χ4v) is 8.78. The maximum Gasteiger partial charge on any atom is 0.240 e. The van der Waals surface area contributed by atoms with E-state index in [4.69, 9.17) is 9.47 Å². The highest BCUT2D eigenvalue weighted by Gasteiger charge is 2.42. The summed E-state index contributed by atoms with van der Waals surface area (Å²) in [4.78, 5) is 2.58. The molecule has 0 saturated carbocycles. The van der Waals surface area contributed by atoms with E-state index in [0.29, 0.717) is 6.54 Å². The van der Waals surface area contributed by atoms with Crippen LogP contribution in [-0.4, -0.2) is 38.1 Å². The predicted octanol–water partition coefficient (Wildman–Crippen LogP) is 9.03. The van der Waals surface area contributed by atoms with Gasteiger partial charge >= 0.3 is 0 Å². The molecule has 7 nitrogen and oxygen atoms in total. The van der Waals surface area contributed by atoms with Gasteiger partial charge in [-0.3, -0.25) is 4.90 Å². The van der Waals surface area contributed by atoms with Gasteiger partial charge in [0, 0.05) is 31.1 Å². The number of aliphatic hydroxyl groups is 1. The Hall–Kier alpha value is -5.19. The first kappa shape index (κ1) is 36.8. The van der Waals surface area contributed by atoms with Gasteiger partial charge in [-0.2, -0.15) is 0 Å². The average molecular weight is 749 g/mol. The quantitative estimate of drug-likeness (QED) is 0.121. The van der Waals surface area contributed by atoms with Crippen LogP contribution in [0.3, 0.4) is 0 Å². The third kappa shape index (κ3) is 8.11. The third-order valence-electron chi connectivity index (χ3n) is 10.5. The van der Waals surface area contributed by atoms with Gasteiger partial charge in [-0.25, -0.2) is 13.1 Å². The van der Waals surface area contributed by atoms with Crippen LogP contribution < -0.4 is 4.72 Å². The fourth-order valence-electron chi connectivity index (χ4n) is 7.74. The number of likely N-dealkylation sites (N-methyl/N-ethyl adjacent to an activating group) is 1. The minimum Gasteiger partial charge on any atom is -0.392 e. The molecule has 1 aliphatic heterocycles. The second kappa shape index (κ2) is 16.3. The highest BCUT2D eigenvalue weighted by molar-refractivity contribution is 7.89. The number of rotatable bonds is 12. The number of aliphatic hydroxyl groups excluding tert-OH is 1. The Kier molecular flexibility index (Phi) is 10.9. The third-order valence-corrected chi connectivity index (χ3v) is 12.0. The zero-order valence-electron chi connectivity index (χ0n) is 30.7. The molecule has 1 heterocycles. The Morgan fingerprint density at radius 1 is 0.636 bits per heavy atom. The Morgan fingerprint density at radius 3 is 1.84 bits per heavy atom. The zero-order chi connectivity index (χ0) is 37.8. The average Bonchev–Trinajstić information content (AvgIpc) is 3.23. The smallest absolute Gasteiger partial charge is 0.240 e. The highest BCUT2D eigenvalue weighted by Crippen LogP contribution is 2.47. The summed E-state index contributed by atoms with van der Waals surface area (Å²) in [6.07, 6.45) is -1.32. The first-order chi connectivity index (χ1) is 26.9. The van der Waals surface area contributed by atoms with Crippen molar-refractivity contribution < 1.29 is 23.0 Å². The molecule has 0 spiro atoms. The van der Waals surface area contributed by atoms with E-state index >= 15 is 0 Å². The molecular formula is C47H44N2O5S. The summed E-state index contributed by atoms with van der Waals surface area (Å²) in [6, 6.07) is 53.9. The summed E-state index contributed by atoms with van der Waals surface area (Å²) in [7, 11) is -1.49. The molecule has 1 aliphatic rings. The molecule has 0 aliphatic carbocycles. The molecule has 1 fully saturated rings. The van der Waals surface area contributed by atoms with Gasteiger partial charge in [0.2, 0.25) is 10.0 Å². The minimum absolute atomic E-state index is 0.0379. The fraction of sp³-hybridized carbons (Fsp3) is 0.191. The van der Waals surface area contributed by atoms with Crippen molar-refractivity contribution in [1.82, 2.24) is 9.62 Å². The molecule has 2 N–H and O–H groups in total. The van der Waals surface area contributed by atoms with E-state index in [1.807, 2.05) is 54.6 Å². The monoisotopic (exact) mass is 748 g/mol. The number of nitrogens with one attached hydrogen (secondary N) is 1. The molecule has 0 amide bonds. The van der Waals surface area contributed by atoms with Crippen LogP contribution >= 0.6 is 0 Å². The van der Waals surface area contributed by atoms with Crippen LogP contribution in [0.25, 0.3) is 21.5 Å². The maximum atomic E-state index is 12.9. The largest absolute Gasteiger partial charge is 0.392 e. The van der Waals surface area contributed by atoms with E-state index < -0.39 is 16.3 Å². The zero-order valence-corrected chi connectivity index (χ0v) is 31.5. The van der Waals surface area contributed by atoms with Crippen molar-refractivity contribution >= 4 is 31.6 Å². The number of hydrogen-bond acceptors (Lipinski definition) is 6. The van der Waals surface area contributed by atoms with Crippen LogP contribution in [0.2, 0.25) is 0 Å². The van der Waals surface area contributed by atoms with Gasteiger partial charge in [-0.05, 0) is 74.6 Å². The summed E-state index contributed by atoms with van der Waals surface area (Å²) in [5.74, 6) is -0.143. The van der Waals surface area contributed by atoms with Crippen molar-refractivity contribution in [3.05, 3.63) is 197 Å². The summed E-state index contributed by atoms with van der Waals surface area (Å²) >= 11 is 0. The topological polar surface area (TPSA) is 88.1 Å². The first-order valence-electron chi connectivity index (χ1n) is 18.6. The second-order valence-corrected chi connectivity index (χ2v) is 16.0. The molecule has 4 atom stereocenters. The molecule has 278 valence electrons. The number of benzene rings is 7. The summed E-state index contributed by atoms with van der Waals surface area (Å²) in [6.45, 7) is 1.46. The maximum absolute atomic E-state index is 12.9. The van der Waals surface area contributed by atoms with Gasteiger partial charge < -0.3 is 14.6 Å². The molecule has 1 saturated heterocycles. The SMILES string of the molecule is CN(Cc1c2ccccc2cc2ccccc12)CC1OC(c2ccc(CNS(=O)(=O)c3ccccc3)cc2)OC(c2ccc(CO)cc2)C1c1ccccc1. The van der Waals surface area contributed by atoms with Crippen molar-refractivity contribution in [3.8, 4) is 0 Å². The lowest BCUT2D eigenvalue weighted by molar-refractivity contribution is -0.263. The van der Waals surface area contributed by atoms with Crippen LogP contribution in [0.5, 0.6) is 0 Å². The molecule has 8 rings (SSSR count). The molecule has 0 aromatic heterocycles.